The first-order chi connectivity index (χ1) is 13.0. The number of sulfonamides is 1. The number of thiophene rings is 1. The Bertz CT molecular complexity index is 830. The second kappa shape index (κ2) is 8.97. The summed E-state index contributed by atoms with van der Waals surface area (Å²) in [5.74, 6) is 0.232. The van der Waals surface area contributed by atoms with E-state index in [0.717, 1.165) is 0 Å². The zero-order valence-electron chi connectivity index (χ0n) is 15.4. The Balaban J connectivity index is 1.43. The molecule has 6 nitrogen and oxygen atoms in total. The highest BCUT2D eigenvalue weighted by atomic mass is 32.2. The van der Waals surface area contributed by atoms with E-state index in [1.807, 2.05) is 23.1 Å². The van der Waals surface area contributed by atoms with E-state index in [4.69, 9.17) is 0 Å². The van der Waals surface area contributed by atoms with Gasteiger partial charge in [0.05, 0.1) is 6.54 Å². The molecule has 1 saturated heterocycles. The van der Waals surface area contributed by atoms with Gasteiger partial charge in [-0.25, -0.2) is 8.42 Å². The lowest BCUT2D eigenvalue weighted by Gasteiger charge is -2.33. The molecule has 1 aliphatic rings. The van der Waals surface area contributed by atoms with Gasteiger partial charge in [0.15, 0.2) is 0 Å². The molecule has 0 saturated carbocycles. The van der Waals surface area contributed by atoms with Crippen LogP contribution in [-0.4, -0.2) is 62.8 Å². The van der Waals surface area contributed by atoms with Crippen LogP contribution in [0.5, 0.6) is 0 Å². The highest BCUT2D eigenvalue weighted by Crippen LogP contribution is 2.22. The van der Waals surface area contributed by atoms with E-state index in [1.165, 1.54) is 21.2 Å². The van der Waals surface area contributed by atoms with Crippen molar-refractivity contribution in [3.63, 3.8) is 0 Å². The average molecular weight is 408 g/mol. The summed E-state index contributed by atoms with van der Waals surface area (Å²) >= 11 is 1.24. The van der Waals surface area contributed by atoms with Crippen molar-refractivity contribution in [1.29, 1.82) is 0 Å². The first-order valence-corrected chi connectivity index (χ1v) is 11.4. The third-order valence-electron chi connectivity index (χ3n) is 4.76. The molecule has 1 aromatic heterocycles. The fourth-order valence-corrected chi connectivity index (χ4v) is 5.66. The van der Waals surface area contributed by atoms with E-state index in [-0.39, 0.29) is 11.8 Å². The van der Waals surface area contributed by atoms with Crippen LogP contribution in [0, 0.1) is 0 Å². The van der Waals surface area contributed by atoms with E-state index in [2.05, 4.69) is 24.4 Å². The van der Waals surface area contributed by atoms with Gasteiger partial charge in [0.1, 0.15) is 4.21 Å². The SMILES string of the molecule is C[C@@H](CNC(=O)CN1CCN(S(=O)(=O)c2cccs2)CC1)c1ccccc1. The lowest BCUT2D eigenvalue weighted by molar-refractivity contribution is -0.122. The summed E-state index contributed by atoms with van der Waals surface area (Å²) in [6, 6.07) is 13.5. The third-order valence-corrected chi connectivity index (χ3v) is 8.03. The number of hydrogen-bond donors (Lipinski definition) is 1. The number of rotatable bonds is 7. The molecule has 0 bridgehead atoms. The fraction of sp³-hybridized carbons (Fsp3) is 0.421. The highest BCUT2D eigenvalue weighted by Gasteiger charge is 2.29. The predicted octanol–water partition coefficient (Wildman–Crippen LogP) is 1.97. The molecule has 0 spiro atoms. The average Bonchev–Trinajstić information content (AvgIpc) is 3.23. The van der Waals surface area contributed by atoms with Crippen molar-refractivity contribution in [2.45, 2.75) is 17.1 Å². The van der Waals surface area contributed by atoms with E-state index in [1.54, 1.807) is 17.5 Å². The maximum atomic E-state index is 12.5. The maximum absolute atomic E-state index is 12.5. The first-order valence-electron chi connectivity index (χ1n) is 9.04. The molecule has 146 valence electrons. The Labute approximate surface area is 164 Å². The van der Waals surface area contributed by atoms with Crippen molar-refractivity contribution >= 4 is 27.3 Å². The van der Waals surface area contributed by atoms with Gasteiger partial charge in [-0.05, 0) is 22.9 Å². The summed E-state index contributed by atoms with van der Waals surface area (Å²) in [4.78, 5) is 14.2. The smallest absolute Gasteiger partial charge is 0.252 e. The van der Waals surface area contributed by atoms with Crippen LogP contribution in [0.25, 0.3) is 0 Å². The second-order valence-corrected chi connectivity index (χ2v) is 9.84. The van der Waals surface area contributed by atoms with Crippen molar-refractivity contribution in [1.82, 2.24) is 14.5 Å². The van der Waals surface area contributed by atoms with E-state index in [9.17, 15) is 13.2 Å². The minimum absolute atomic E-state index is 0.0210. The molecule has 2 aromatic rings. The van der Waals surface area contributed by atoms with E-state index in [0.29, 0.717) is 43.5 Å². The molecular weight excluding hydrogens is 382 g/mol. The van der Waals surface area contributed by atoms with Crippen LogP contribution in [0.3, 0.4) is 0 Å². The van der Waals surface area contributed by atoms with Gasteiger partial charge >= 0.3 is 0 Å². The fourth-order valence-electron chi connectivity index (χ4n) is 3.09. The number of carbonyl (C=O) groups excluding carboxylic acids is 1. The van der Waals surface area contributed by atoms with Crippen molar-refractivity contribution in [2.75, 3.05) is 39.3 Å². The van der Waals surface area contributed by atoms with Gasteiger partial charge in [-0.2, -0.15) is 4.31 Å². The summed E-state index contributed by atoms with van der Waals surface area (Å²) in [6.07, 6.45) is 0. The van der Waals surface area contributed by atoms with Crippen LogP contribution in [0.15, 0.2) is 52.1 Å². The van der Waals surface area contributed by atoms with Crippen LogP contribution in [-0.2, 0) is 14.8 Å². The minimum Gasteiger partial charge on any atom is -0.354 e. The normalized spacial score (nSPS) is 17.5. The zero-order chi connectivity index (χ0) is 19.3. The standard InChI is InChI=1S/C19H25N3O3S2/c1-16(17-6-3-2-4-7-17)14-20-18(23)15-21-9-11-22(12-10-21)27(24,25)19-8-5-13-26-19/h2-8,13,16H,9-12,14-15H2,1H3,(H,20,23)/t16-/m0/s1. The Morgan fingerprint density at radius 3 is 2.44 bits per heavy atom. The summed E-state index contributed by atoms with van der Waals surface area (Å²) < 4.78 is 26.9. The van der Waals surface area contributed by atoms with Gasteiger partial charge in [0.25, 0.3) is 10.0 Å². The molecule has 1 aromatic carbocycles. The van der Waals surface area contributed by atoms with Crippen molar-refractivity contribution < 1.29 is 13.2 Å². The number of nitrogens with zero attached hydrogens (tertiary/aromatic N) is 2. The maximum Gasteiger partial charge on any atom is 0.252 e. The van der Waals surface area contributed by atoms with E-state index < -0.39 is 10.0 Å². The van der Waals surface area contributed by atoms with Crippen LogP contribution in [0.4, 0.5) is 0 Å². The molecule has 1 N–H and O–H groups in total. The predicted molar refractivity (Wildman–Crippen MR) is 107 cm³/mol. The summed E-state index contributed by atoms with van der Waals surface area (Å²) in [7, 11) is -3.40. The Kier molecular flexibility index (Phi) is 6.64. The molecule has 0 aliphatic carbocycles. The molecule has 1 aliphatic heterocycles. The van der Waals surface area contributed by atoms with Gasteiger partial charge in [-0.15, -0.1) is 11.3 Å². The Morgan fingerprint density at radius 2 is 1.81 bits per heavy atom. The van der Waals surface area contributed by atoms with Gasteiger partial charge in [0.2, 0.25) is 5.91 Å². The van der Waals surface area contributed by atoms with Gasteiger partial charge < -0.3 is 5.32 Å². The zero-order valence-corrected chi connectivity index (χ0v) is 17.0. The Morgan fingerprint density at radius 1 is 1.11 bits per heavy atom. The molecule has 2 heterocycles. The molecule has 3 rings (SSSR count). The first kappa shape index (κ1) is 20.0. The van der Waals surface area contributed by atoms with Gasteiger partial charge in [-0.3, -0.25) is 9.69 Å². The molecule has 1 fully saturated rings. The van der Waals surface area contributed by atoms with Crippen LogP contribution < -0.4 is 5.32 Å². The number of amides is 1. The van der Waals surface area contributed by atoms with Crippen molar-refractivity contribution in [3.8, 4) is 0 Å². The lowest BCUT2D eigenvalue weighted by atomic mass is 10.0. The largest absolute Gasteiger partial charge is 0.354 e. The minimum atomic E-state index is -3.40. The molecule has 1 atom stereocenters. The molecule has 27 heavy (non-hydrogen) atoms. The van der Waals surface area contributed by atoms with Crippen LogP contribution in [0.1, 0.15) is 18.4 Å². The molecule has 0 unspecified atom stereocenters. The number of piperazine rings is 1. The Hall–Kier alpha value is -1.74. The topological polar surface area (TPSA) is 69.7 Å². The summed E-state index contributed by atoms with van der Waals surface area (Å²) in [5, 5.41) is 4.75. The molecule has 0 radical (unpaired) electrons. The summed E-state index contributed by atoms with van der Waals surface area (Å²) in [5.41, 5.74) is 1.20. The number of carbonyl (C=O) groups is 1. The van der Waals surface area contributed by atoms with Crippen LogP contribution in [0.2, 0.25) is 0 Å². The highest BCUT2D eigenvalue weighted by molar-refractivity contribution is 7.91. The monoisotopic (exact) mass is 407 g/mol. The van der Waals surface area contributed by atoms with Crippen molar-refractivity contribution in [3.05, 3.63) is 53.4 Å². The lowest BCUT2D eigenvalue weighted by Crippen LogP contribution is -2.51. The summed E-state index contributed by atoms with van der Waals surface area (Å²) in [6.45, 7) is 4.92. The molecule has 8 heteroatoms. The number of nitrogens with one attached hydrogen (secondary N) is 1. The number of benzene rings is 1. The van der Waals surface area contributed by atoms with Gasteiger partial charge in [0, 0.05) is 32.7 Å². The third kappa shape index (κ3) is 5.16. The van der Waals surface area contributed by atoms with Gasteiger partial charge in [-0.1, -0.05) is 43.3 Å². The van der Waals surface area contributed by atoms with Crippen LogP contribution >= 0.6 is 11.3 Å². The van der Waals surface area contributed by atoms with Crippen molar-refractivity contribution in [2.24, 2.45) is 0 Å². The number of hydrogen-bond acceptors (Lipinski definition) is 5. The molecule has 1 amide bonds. The second-order valence-electron chi connectivity index (χ2n) is 6.73. The quantitative estimate of drug-likeness (QED) is 0.762. The van der Waals surface area contributed by atoms with E-state index >= 15 is 0 Å². The molecular formula is C19H25N3O3S2.